The third-order valence-corrected chi connectivity index (χ3v) is 5.53. The van der Waals surface area contributed by atoms with Crippen LogP contribution in [0.1, 0.15) is 29.4 Å². The van der Waals surface area contributed by atoms with Crippen molar-refractivity contribution in [3.8, 4) is 5.06 Å². The van der Waals surface area contributed by atoms with Crippen molar-refractivity contribution in [1.82, 2.24) is 10.2 Å². The number of carbonyl (C=O) groups excluding carboxylic acids is 1. The predicted molar refractivity (Wildman–Crippen MR) is 75.9 cm³/mol. The van der Waals surface area contributed by atoms with Crippen molar-refractivity contribution in [2.75, 3.05) is 20.2 Å². The highest BCUT2D eigenvalue weighted by Crippen LogP contribution is 2.32. The molecule has 0 aromatic carbocycles. The molecule has 4 rings (SSSR count). The summed E-state index contributed by atoms with van der Waals surface area (Å²) >= 11 is 1.40. The number of methoxy groups -OCH3 is 1. The fourth-order valence-electron chi connectivity index (χ4n) is 3.32. The van der Waals surface area contributed by atoms with Crippen LogP contribution < -0.4 is 10.1 Å². The van der Waals surface area contributed by atoms with Crippen LogP contribution in [0.2, 0.25) is 0 Å². The van der Waals surface area contributed by atoms with Gasteiger partial charge in [0.2, 0.25) is 0 Å². The van der Waals surface area contributed by atoms with Crippen LogP contribution in [0, 0.1) is 5.92 Å². The van der Waals surface area contributed by atoms with Crippen LogP contribution in [0.5, 0.6) is 5.06 Å². The minimum atomic E-state index is 0.0406. The number of fused-ring (bicyclic) bond motifs is 3. The fraction of sp³-hybridized carbons (Fsp3) is 0.643. The topological polar surface area (TPSA) is 41.6 Å². The number of rotatable bonds is 3. The molecule has 19 heavy (non-hydrogen) atoms. The number of nitrogens with one attached hydrogen (secondary N) is 1. The maximum atomic E-state index is 12.3. The van der Waals surface area contributed by atoms with Gasteiger partial charge in [-0.2, -0.15) is 0 Å². The van der Waals surface area contributed by atoms with E-state index in [1.165, 1.54) is 37.3 Å². The molecule has 0 spiro atoms. The summed E-state index contributed by atoms with van der Waals surface area (Å²) in [5, 5.41) is 4.01. The highest BCUT2D eigenvalue weighted by molar-refractivity contribution is 7.15. The van der Waals surface area contributed by atoms with E-state index in [9.17, 15) is 4.79 Å². The largest absolute Gasteiger partial charge is 0.487 e. The second kappa shape index (κ2) is 5.13. The molecule has 3 aliphatic rings. The third-order valence-electron chi connectivity index (χ3n) is 4.48. The lowest BCUT2D eigenvalue weighted by molar-refractivity contribution is 0.0218. The smallest absolute Gasteiger partial charge is 0.261 e. The lowest BCUT2D eigenvalue weighted by atomic mass is 9.77. The van der Waals surface area contributed by atoms with E-state index in [-0.39, 0.29) is 5.91 Å². The van der Waals surface area contributed by atoms with Gasteiger partial charge < -0.3 is 10.1 Å². The Balaban J connectivity index is 1.69. The normalized spacial score (nSPS) is 33.2. The Hall–Kier alpha value is -1.07. The Morgan fingerprint density at radius 2 is 2.16 bits per heavy atom. The van der Waals surface area contributed by atoms with E-state index < -0.39 is 0 Å². The third kappa shape index (κ3) is 2.37. The van der Waals surface area contributed by atoms with Crippen molar-refractivity contribution < 1.29 is 9.53 Å². The van der Waals surface area contributed by atoms with Gasteiger partial charge in [0.1, 0.15) is 0 Å². The summed E-state index contributed by atoms with van der Waals surface area (Å²) in [5.74, 6) is 0.685. The van der Waals surface area contributed by atoms with Crippen LogP contribution in [0.4, 0.5) is 0 Å². The molecule has 3 aliphatic heterocycles. The second-order valence-electron chi connectivity index (χ2n) is 5.44. The standard InChI is InChI=1S/C14H20N2O2S/c1-9-13(10-5-7-16(9)8-6-10)15-14(17)11-3-4-12(18-2)19-11/h3-4,9-10,13H,5-8H2,1-2H3,(H,15,17)/t9-,13-/m0/s1/i14-1. The molecule has 2 atom stereocenters. The number of thiophene rings is 1. The molecule has 104 valence electrons. The van der Waals surface area contributed by atoms with Crippen LogP contribution in [0.25, 0.3) is 0 Å². The molecule has 1 aromatic heterocycles. The zero-order valence-electron chi connectivity index (χ0n) is 11.4. The van der Waals surface area contributed by atoms with Gasteiger partial charge in [0.15, 0.2) is 5.06 Å². The van der Waals surface area contributed by atoms with Crippen molar-refractivity contribution in [3.63, 3.8) is 0 Å². The molecule has 3 saturated heterocycles. The van der Waals surface area contributed by atoms with Crippen LogP contribution >= 0.6 is 11.3 Å². The summed E-state index contributed by atoms with van der Waals surface area (Å²) in [4.78, 5) is 15.5. The van der Waals surface area contributed by atoms with E-state index in [0.29, 0.717) is 18.0 Å². The van der Waals surface area contributed by atoms with E-state index >= 15 is 0 Å². The summed E-state index contributed by atoms with van der Waals surface area (Å²) in [6, 6.07) is 4.44. The first-order valence-electron chi connectivity index (χ1n) is 6.88. The molecule has 0 saturated carbocycles. The first-order chi connectivity index (χ1) is 9.19. The lowest BCUT2D eigenvalue weighted by Gasteiger charge is -2.49. The number of ether oxygens (including phenoxy) is 1. The molecule has 3 fully saturated rings. The Kier molecular flexibility index (Phi) is 3.50. The van der Waals surface area contributed by atoms with E-state index in [0.717, 1.165) is 9.94 Å². The summed E-state index contributed by atoms with van der Waals surface area (Å²) in [6.07, 6.45) is 2.42. The number of nitrogens with zero attached hydrogens (tertiary/aromatic N) is 1. The minimum absolute atomic E-state index is 0.0406. The summed E-state index contributed by atoms with van der Waals surface area (Å²) in [6.45, 7) is 4.60. The van der Waals surface area contributed by atoms with Gasteiger partial charge >= 0.3 is 0 Å². The van der Waals surface area contributed by atoms with Crippen molar-refractivity contribution >= 4 is 17.2 Å². The Bertz CT molecular complexity index is 464. The van der Waals surface area contributed by atoms with E-state index in [4.69, 9.17) is 4.74 Å². The van der Waals surface area contributed by atoms with Crippen LogP contribution in [0.15, 0.2) is 12.1 Å². The molecule has 0 unspecified atom stereocenters. The monoisotopic (exact) mass is 279 g/mol. The van der Waals surface area contributed by atoms with Gasteiger partial charge in [-0.1, -0.05) is 11.3 Å². The second-order valence-corrected chi connectivity index (χ2v) is 6.48. The van der Waals surface area contributed by atoms with E-state index in [2.05, 4.69) is 17.1 Å². The van der Waals surface area contributed by atoms with Gasteiger partial charge in [-0.05, 0) is 50.9 Å². The van der Waals surface area contributed by atoms with Gasteiger partial charge in [0.25, 0.3) is 5.91 Å². The summed E-state index contributed by atoms with van der Waals surface area (Å²) in [7, 11) is 1.63. The van der Waals surface area contributed by atoms with Crippen LogP contribution in [-0.4, -0.2) is 43.1 Å². The molecule has 1 N–H and O–H groups in total. The molecule has 1 aromatic rings. The average molecular weight is 279 g/mol. The van der Waals surface area contributed by atoms with E-state index in [1.807, 2.05) is 12.1 Å². The maximum absolute atomic E-state index is 12.3. The Labute approximate surface area is 117 Å². The first-order valence-corrected chi connectivity index (χ1v) is 7.69. The molecule has 0 radical (unpaired) electrons. The molecule has 2 bridgehead atoms. The fourth-order valence-corrected chi connectivity index (χ4v) is 4.04. The molecule has 4 heterocycles. The SMILES string of the molecule is COc1ccc([11C](=O)N[C@@H]2C3CCN(CC3)[C@H]2C)s1. The van der Waals surface area contributed by atoms with Gasteiger partial charge in [0, 0.05) is 12.1 Å². The number of piperidine rings is 3. The first kappa shape index (κ1) is 12.9. The Morgan fingerprint density at radius 1 is 1.42 bits per heavy atom. The number of hydrogen-bond donors (Lipinski definition) is 1. The van der Waals surface area contributed by atoms with Gasteiger partial charge in [-0.3, -0.25) is 9.69 Å². The zero-order chi connectivity index (χ0) is 13.4. The molecule has 5 heteroatoms. The van der Waals surface area contributed by atoms with Crippen LogP contribution in [-0.2, 0) is 0 Å². The highest BCUT2D eigenvalue weighted by atomic mass is 32.1. The van der Waals surface area contributed by atoms with E-state index in [1.54, 1.807) is 7.11 Å². The van der Waals surface area contributed by atoms with Gasteiger partial charge in [-0.15, -0.1) is 0 Å². The lowest BCUT2D eigenvalue weighted by Crippen LogP contribution is -2.62. The predicted octanol–water partition coefficient (Wildman–Crippen LogP) is 1.97. The maximum Gasteiger partial charge on any atom is 0.261 e. The van der Waals surface area contributed by atoms with Crippen molar-refractivity contribution in [1.29, 1.82) is 0 Å². The van der Waals surface area contributed by atoms with Crippen molar-refractivity contribution in [2.24, 2.45) is 5.92 Å². The molecular formula is C14H20N2O2S. The van der Waals surface area contributed by atoms with Crippen LogP contribution in [0.3, 0.4) is 0 Å². The Morgan fingerprint density at radius 3 is 2.74 bits per heavy atom. The summed E-state index contributed by atoms with van der Waals surface area (Å²) in [5.41, 5.74) is 0. The number of amides is 1. The molecule has 0 aliphatic carbocycles. The van der Waals surface area contributed by atoms with Gasteiger partial charge in [-0.25, -0.2) is 0 Å². The molecule has 1 amide bonds. The highest BCUT2D eigenvalue weighted by Gasteiger charge is 2.40. The zero-order valence-corrected chi connectivity index (χ0v) is 12.2. The molecular weight excluding hydrogens is 259 g/mol. The molecule has 4 nitrogen and oxygen atoms in total. The van der Waals surface area contributed by atoms with Gasteiger partial charge in [0.05, 0.1) is 12.0 Å². The summed E-state index contributed by atoms with van der Waals surface area (Å²) < 4.78 is 5.14. The minimum Gasteiger partial charge on any atom is -0.487 e. The number of hydrogen-bond acceptors (Lipinski definition) is 4. The van der Waals surface area contributed by atoms with Crippen molar-refractivity contribution in [2.45, 2.75) is 31.8 Å². The number of carbonyl (C=O) groups is 1. The quantitative estimate of drug-likeness (QED) is 0.920. The van der Waals surface area contributed by atoms with Crippen molar-refractivity contribution in [3.05, 3.63) is 17.0 Å². The average Bonchev–Trinajstić information content (AvgIpc) is 2.92.